The number of hydrogen-bond acceptors (Lipinski definition) is 4. The number of ether oxygens (including phenoxy) is 2. The lowest BCUT2D eigenvalue weighted by atomic mass is 9.98. The molecule has 0 radical (unpaired) electrons. The summed E-state index contributed by atoms with van der Waals surface area (Å²) in [5.41, 5.74) is 1.18. The maximum Gasteiger partial charge on any atom is 0.127 e. The van der Waals surface area contributed by atoms with Gasteiger partial charge in [-0.15, -0.1) is 0 Å². The minimum atomic E-state index is 0.276. The molecule has 0 saturated carbocycles. The first-order chi connectivity index (χ1) is 9.74. The van der Waals surface area contributed by atoms with Crippen LogP contribution in [0.1, 0.15) is 31.4 Å². The van der Waals surface area contributed by atoms with Crippen LogP contribution >= 0.6 is 0 Å². The second kappa shape index (κ2) is 7.50. The Bertz CT molecular complexity index is 417. The van der Waals surface area contributed by atoms with Gasteiger partial charge < -0.3 is 20.1 Å². The zero-order chi connectivity index (χ0) is 14.4. The van der Waals surface area contributed by atoms with Crippen molar-refractivity contribution in [2.75, 3.05) is 33.9 Å². The van der Waals surface area contributed by atoms with E-state index in [4.69, 9.17) is 9.47 Å². The fourth-order valence-electron chi connectivity index (χ4n) is 2.73. The monoisotopic (exact) mass is 278 g/mol. The molecule has 1 aliphatic heterocycles. The summed E-state index contributed by atoms with van der Waals surface area (Å²) in [4.78, 5) is 0. The Morgan fingerprint density at radius 1 is 1.35 bits per heavy atom. The zero-order valence-corrected chi connectivity index (χ0v) is 12.7. The van der Waals surface area contributed by atoms with Crippen molar-refractivity contribution < 1.29 is 9.47 Å². The van der Waals surface area contributed by atoms with Crippen molar-refractivity contribution in [3.63, 3.8) is 0 Å². The van der Waals surface area contributed by atoms with Gasteiger partial charge in [0.1, 0.15) is 11.5 Å². The first-order valence-electron chi connectivity index (χ1n) is 7.40. The molecule has 4 heteroatoms. The van der Waals surface area contributed by atoms with Gasteiger partial charge >= 0.3 is 0 Å². The van der Waals surface area contributed by atoms with E-state index in [0.29, 0.717) is 0 Å². The van der Waals surface area contributed by atoms with Gasteiger partial charge in [0.2, 0.25) is 0 Å². The highest BCUT2D eigenvalue weighted by Crippen LogP contribution is 2.29. The van der Waals surface area contributed by atoms with Crippen LogP contribution in [0.4, 0.5) is 0 Å². The van der Waals surface area contributed by atoms with Gasteiger partial charge in [-0.3, -0.25) is 0 Å². The number of piperidine rings is 1. The molecule has 20 heavy (non-hydrogen) atoms. The molecule has 2 rings (SSSR count). The maximum absolute atomic E-state index is 5.47. The summed E-state index contributed by atoms with van der Waals surface area (Å²) in [6.07, 6.45) is 2.60. The number of rotatable bonds is 6. The molecule has 1 aromatic carbocycles. The summed E-state index contributed by atoms with van der Waals surface area (Å²) in [5, 5.41) is 7.07. The Hall–Kier alpha value is -1.26. The molecule has 0 aliphatic carbocycles. The van der Waals surface area contributed by atoms with Crippen molar-refractivity contribution in [1.82, 2.24) is 10.6 Å². The Kier molecular flexibility index (Phi) is 5.68. The van der Waals surface area contributed by atoms with E-state index in [1.165, 1.54) is 24.9 Å². The van der Waals surface area contributed by atoms with Crippen LogP contribution in [0.5, 0.6) is 11.5 Å². The van der Waals surface area contributed by atoms with Gasteiger partial charge in [-0.25, -0.2) is 0 Å². The average molecular weight is 278 g/mol. The van der Waals surface area contributed by atoms with Gasteiger partial charge in [0, 0.05) is 17.7 Å². The Morgan fingerprint density at radius 2 is 2.20 bits per heavy atom. The highest BCUT2D eigenvalue weighted by molar-refractivity contribution is 5.42. The number of benzene rings is 1. The van der Waals surface area contributed by atoms with Gasteiger partial charge in [-0.1, -0.05) is 6.07 Å². The van der Waals surface area contributed by atoms with E-state index >= 15 is 0 Å². The average Bonchev–Trinajstić information content (AvgIpc) is 2.52. The van der Waals surface area contributed by atoms with E-state index in [0.717, 1.165) is 30.5 Å². The number of nitrogens with one attached hydrogen (secondary N) is 2. The second-order valence-corrected chi connectivity index (χ2v) is 5.45. The van der Waals surface area contributed by atoms with E-state index in [1.54, 1.807) is 14.2 Å². The van der Waals surface area contributed by atoms with Crippen LogP contribution in [0.15, 0.2) is 18.2 Å². The molecule has 0 aromatic heterocycles. The molecule has 0 bridgehead atoms. The third-order valence-corrected chi connectivity index (χ3v) is 4.02. The lowest BCUT2D eigenvalue weighted by molar-refractivity contribution is 0.343. The van der Waals surface area contributed by atoms with Crippen LogP contribution in [-0.2, 0) is 0 Å². The summed E-state index contributed by atoms with van der Waals surface area (Å²) >= 11 is 0. The van der Waals surface area contributed by atoms with E-state index in [-0.39, 0.29) is 6.04 Å². The number of hydrogen-bond donors (Lipinski definition) is 2. The largest absolute Gasteiger partial charge is 0.497 e. The summed E-state index contributed by atoms with van der Waals surface area (Å²) in [5.74, 6) is 2.44. The van der Waals surface area contributed by atoms with Gasteiger partial charge in [0.05, 0.1) is 14.2 Å². The van der Waals surface area contributed by atoms with Gasteiger partial charge in [-0.05, 0) is 51.4 Å². The maximum atomic E-state index is 5.47. The SMILES string of the molecule is COc1ccc(C(C)NCC2CCCNC2)c(OC)c1. The molecule has 112 valence electrons. The Balaban J connectivity index is 1.95. The van der Waals surface area contributed by atoms with Gasteiger partial charge in [0.25, 0.3) is 0 Å². The zero-order valence-electron chi connectivity index (χ0n) is 12.7. The van der Waals surface area contributed by atoms with Crippen LogP contribution < -0.4 is 20.1 Å². The van der Waals surface area contributed by atoms with Crippen molar-refractivity contribution >= 4 is 0 Å². The summed E-state index contributed by atoms with van der Waals surface area (Å²) in [6, 6.07) is 6.28. The third kappa shape index (κ3) is 3.87. The Morgan fingerprint density at radius 3 is 2.85 bits per heavy atom. The molecule has 2 unspecified atom stereocenters. The van der Waals surface area contributed by atoms with Crippen LogP contribution in [0.3, 0.4) is 0 Å². The quantitative estimate of drug-likeness (QED) is 0.838. The molecule has 1 fully saturated rings. The number of methoxy groups -OCH3 is 2. The standard InChI is InChI=1S/C16H26N2O2/c1-12(18-11-13-5-4-8-17-10-13)15-7-6-14(19-2)9-16(15)20-3/h6-7,9,12-13,17-18H,4-5,8,10-11H2,1-3H3. The molecule has 1 aliphatic rings. The van der Waals surface area contributed by atoms with Crippen molar-refractivity contribution in [3.8, 4) is 11.5 Å². The van der Waals surface area contributed by atoms with Crippen molar-refractivity contribution in [2.24, 2.45) is 5.92 Å². The predicted molar refractivity (Wildman–Crippen MR) is 81.6 cm³/mol. The molecule has 4 nitrogen and oxygen atoms in total. The fraction of sp³-hybridized carbons (Fsp3) is 0.625. The third-order valence-electron chi connectivity index (χ3n) is 4.02. The highest BCUT2D eigenvalue weighted by atomic mass is 16.5. The minimum Gasteiger partial charge on any atom is -0.497 e. The molecule has 2 atom stereocenters. The molecule has 1 aromatic rings. The summed E-state index contributed by atoms with van der Waals surface area (Å²) in [7, 11) is 3.38. The molecule has 2 N–H and O–H groups in total. The first kappa shape index (κ1) is 15.1. The lowest BCUT2D eigenvalue weighted by Gasteiger charge is -2.25. The van der Waals surface area contributed by atoms with Crippen LogP contribution in [0.25, 0.3) is 0 Å². The summed E-state index contributed by atoms with van der Waals surface area (Å²) < 4.78 is 10.7. The fourth-order valence-corrected chi connectivity index (χ4v) is 2.73. The van der Waals surface area contributed by atoms with Crippen LogP contribution in [0, 0.1) is 5.92 Å². The predicted octanol–water partition coefficient (Wildman–Crippen LogP) is 2.35. The van der Waals surface area contributed by atoms with Crippen molar-refractivity contribution in [3.05, 3.63) is 23.8 Å². The van der Waals surface area contributed by atoms with Gasteiger partial charge in [-0.2, -0.15) is 0 Å². The van der Waals surface area contributed by atoms with Crippen LogP contribution in [0.2, 0.25) is 0 Å². The van der Waals surface area contributed by atoms with Crippen LogP contribution in [-0.4, -0.2) is 33.9 Å². The molecular weight excluding hydrogens is 252 g/mol. The smallest absolute Gasteiger partial charge is 0.127 e. The topological polar surface area (TPSA) is 42.5 Å². The molecule has 1 heterocycles. The molecule has 0 spiro atoms. The minimum absolute atomic E-state index is 0.276. The molecular formula is C16H26N2O2. The van der Waals surface area contributed by atoms with E-state index in [2.05, 4.69) is 23.6 Å². The van der Waals surface area contributed by atoms with Crippen molar-refractivity contribution in [2.45, 2.75) is 25.8 Å². The summed E-state index contributed by atoms with van der Waals surface area (Å²) in [6.45, 7) is 5.52. The molecule has 1 saturated heterocycles. The highest BCUT2D eigenvalue weighted by Gasteiger charge is 2.16. The first-order valence-corrected chi connectivity index (χ1v) is 7.40. The lowest BCUT2D eigenvalue weighted by Crippen LogP contribution is -2.36. The van der Waals surface area contributed by atoms with Crippen molar-refractivity contribution in [1.29, 1.82) is 0 Å². The molecule has 0 amide bonds. The van der Waals surface area contributed by atoms with Gasteiger partial charge in [0.15, 0.2) is 0 Å². The van der Waals surface area contributed by atoms with E-state index < -0.39 is 0 Å². The normalized spacial score (nSPS) is 20.4. The Labute approximate surface area is 121 Å². The van der Waals surface area contributed by atoms with E-state index in [1.807, 2.05) is 12.1 Å². The second-order valence-electron chi connectivity index (χ2n) is 5.45. The van der Waals surface area contributed by atoms with E-state index in [9.17, 15) is 0 Å².